The van der Waals surface area contributed by atoms with Crippen molar-refractivity contribution >= 4 is 11.6 Å². The molecule has 1 fully saturated rings. The molecule has 0 bridgehead atoms. The molecule has 1 aliphatic carbocycles. The number of benzene rings is 1. The van der Waals surface area contributed by atoms with Gasteiger partial charge in [-0.05, 0) is 36.8 Å². The Hall–Kier alpha value is -1.31. The lowest BCUT2D eigenvalue weighted by atomic mass is 10.0. The van der Waals surface area contributed by atoms with E-state index in [1.807, 2.05) is 6.07 Å². The lowest BCUT2D eigenvalue weighted by Gasteiger charge is -2.08. The average Bonchev–Trinajstić information content (AvgIpc) is 2.86. The van der Waals surface area contributed by atoms with Gasteiger partial charge in [-0.15, -0.1) is 0 Å². The van der Waals surface area contributed by atoms with Crippen molar-refractivity contribution in [2.24, 2.45) is 5.92 Å². The second kappa shape index (κ2) is 2.59. The molecule has 2 nitrogen and oxygen atoms in total. The van der Waals surface area contributed by atoms with E-state index in [4.69, 9.17) is 0 Å². The van der Waals surface area contributed by atoms with Gasteiger partial charge in [-0.1, -0.05) is 17.7 Å². The van der Waals surface area contributed by atoms with E-state index in [2.05, 4.69) is 24.4 Å². The molecule has 0 spiro atoms. The summed E-state index contributed by atoms with van der Waals surface area (Å²) in [6.45, 7) is 2.10. The first-order valence-corrected chi connectivity index (χ1v) is 5.14. The highest BCUT2D eigenvalue weighted by Gasteiger charge is 2.42. The predicted molar refractivity (Wildman–Crippen MR) is 55.3 cm³/mol. The quantitative estimate of drug-likeness (QED) is 0.664. The zero-order valence-corrected chi connectivity index (χ0v) is 8.21. The number of amides is 1. The lowest BCUT2D eigenvalue weighted by Crippen LogP contribution is -2.10. The third-order valence-corrected chi connectivity index (χ3v) is 3.25. The molecule has 72 valence electrons. The SMILES string of the molecule is Cc1ccc2c(c1)C1CC1CC(=O)N2. The van der Waals surface area contributed by atoms with Gasteiger partial charge in [-0.25, -0.2) is 0 Å². The number of fused-ring (bicyclic) bond motifs is 3. The summed E-state index contributed by atoms with van der Waals surface area (Å²) in [6.07, 6.45) is 1.91. The van der Waals surface area contributed by atoms with Gasteiger partial charge in [0.05, 0.1) is 0 Å². The van der Waals surface area contributed by atoms with Crippen LogP contribution in [0.4, 0.5) is 5.69 Å². The molecule has 2 heteroatoms. The van der Waals surface area contributed by atoms with Crippen molar-refractivity contribution in [1.82, 2.24) is 0 Å². The third kappa shape index (κ3) is 1.14. The normalized spacial score (nSPS) is 28.5. The molecule has 1 N–H and O–H groups in total. The van der Waals surface area contributed by atoms with Crippen LogP contribution in [0.2, 0.25) is 0 Å². The average molecular weight is 187 g/mol. The molecule has 0 radical (unpaired) electrons. The largest absolute Gasteiger partial charge is 0.326 e. The molecule has 1 amide bonds. The second-order valence-corrected chi connectivity index (χ2v) is 4.45. The standard InChI is InChI=1S/C12H13NO/c1-7-2-3-11-10(4-7)9-5-8(9)6-12(14)13-11/h2-4,8-9H,5-6H2,1H3,(H,13,14). The van der Waals surface area contributed by atoms with Crippen LogP contribution in [0.25, 0.3) is 0 Å². The van der Waals surface area contributed by atoms with Crippen molar-refractivity contribution in [3.8, 4) is 0 Å². The minimum absolute atomic E-state index is 0.181. The fourth-order valence-corrected chi connectivity index (χ4v) is 2.40. The summed E-state index contributed by atoms with van der Waals surface area (Å²) >= 11 is 0. The first kappa shape index (κ1) is 8.04. The maximum atomic E-state index is 11.5. The van der Waals surface area contributed by atoms with Crippen molar-refractivity contribution in [2.75, 3.05) is 5.32 Å². The zero-order valence-electron chi connectivity index (χ0n) is 8.21. The summed E-state index contributed by atoms with van der Waals surface area (Å²) in [6, 6.07) is 6.30. The van der Waals surface area contributed by atoms with Crippen molar-refractivity contribution in [1.29, 1.82) is 0 Å². The van der Waals surface area contributed by atoms with Gasteiger partial charge in [-0.3, -0.25) is 4.79 Å². The molecular formula is C12H13NO. The number of carbonyl (C=O) groups is 1. The molecule has 2 unspecified atom stereocenters. The van der Waals surface area contributed by atoms with Gasteiger partial charge in [0.15, 0.2) is 0 Å². The van der Waals surface area contributed by atoms with Crippen LogP contribution in [-0.4, -0.2) is 5.91 Å². The van der Waals surface area contributed by atoms with Crippen LogP contribution in [0.3, 0.4) is 0 Å². The Bertz CT molecular complexity index is 411. The van der Waals surface area contributed by atoms with Crippen molar-refractivity contribution in [3.05, 3.63) is 29.3 Å². The maximum Gasteiger partial charge on any atom is 0.224 e. The van der Waals surface area contributed by atoms with E-state index in [9.17, 15) is 4.79 Å². The van der Waals surface area contributed by atoms with Crippen LogP contribution in [0, 0.1) is 12.8 Å². The smallest absolute Gasteiger partial charge is 0.224 e. The number of hydrogen-bond acceptors (Lipinski definition) is 1. The summed E-state index contributed by atoms with van der Waals surface area (Å²) in [4.78, 5) is 11.5. The highest BCUT2D eigenvalue weighted by atomic mass is 16.1. The first-order chi connectivity index (χ1) is 6.74. The Morgan fingerprint density at radius 2 is 2.29 bits per heavy atom. The van der Waals surface area contributed by atoms with Gasteiger partial charge < -0.3 is 5.32 Å². The van der Waals surface area contributed by atoms with E-state index in [1.54, 1.807) is 0 Å². The molecule has 2 atom stereocenters. The fraction of sp³-hybridized carbons (Fsp3) is 0.417. The highest BCUT2D eigenvalue weighted by Crippen LogP contribution is 2.53. The summed E-state index contributed by atoms with van der Waals surface area (Å²) in [7, 11) is 0. The van der Waals surface area contributed by atoms with Gasteiger partial charge in [0.1, 0.15) is 0 Å². The minimum Gasteiger partial charge on any atom is -0.326 e. The third-order valence-electron chi connectivity index (χ3n) is 3.25. The van der Waals surface area contributed by atoms with Crippen LogP contribution in [0.5, 0.6) is 0 Å². The van der Waals surface area contributed by atoms with Crippen molar-refractivity contribution < 1.29 is 4.79 Å². The summed E-state index contributed by atoms with van der Waals surface area (Å²) in [5.74, 6) is 1.43. The maximum absolute atomic E-state index is 11.5. The van der Waals surface area contributed by atoms with Gasteiger partial charge in [0, 0.05) is 12.1 Å². The fourth-order valence-electron chi connectivity index (χ4n) is 2.40. The Balaban J connectivity index is 2.11. The number of carbonyl (C=O) groups excluding carboxylic acids is 1. The molecule has 1 heterocycles. The Morgan fingerprint density at radius 3 is 3.14 bits per heavy atom. The van der Waals surface area contributed by atoms with Crippen LogP contribution in [-0.2, 0) is 4.79 Å². The molecule has 1 aromatic rings. The van der Waals surface area contributed by atoms with Crippen molar-refractivity contribution in [2.45, 2.75) is 25.7 Å². The van der Waals surface area contributed by atoms with E-state index < -0.39 is 0 Å². The number of aryl methyl sites for hydroxylation is 1. The van der Waals surface area contributed by atoms with Gasteiger partial charge in [-0.2, -0.15) is 0 Å². The number of anilines is 1. The molecule has 14 heavy (non-hydrogen) atoms. The number of nitrogens with one attached hydrogen (secondary N) is 1. The molecule has 2 aliphatic rings. The van der Waals surface area contributed by atoms with E-state index in [1.165, 1.54) is 17.5 Å². The van der Waals surface area contributed by atoms with Gasteiger partial charge in [0.25, 0.3) is 0 Å². The molecule has 3 rings (SSSR count). The monoisotopic (exact) mass is 187 g/mol. The zero-order chi connectivity index (χ0) is 9.71. The van der Waals surface area contributed by atoms with E-state index in [0.29, 0.717) is 18.3 Å². The van der Waals surface area contributed by atoms with Gasteiger partial charge in [0.2, 0.25) is 5.91 Å². The molecule has 0 saturated heterocycles. The van der Waals surface area contributed by atoms with E-state index in [-0.39, 0.29) is 5.91 Å². The topological polar surface area (TPSA) is 29.1 Å². The van der Waals surface area contributed by atoms with Crippen LogP contribution in [0.15, 0.2) is 18.2 Å². The molecule has 0 aromatic heterocycles. The highest BCUT2D eigenvalue weighted by molar-refractivity contribution is 5.93. The minimum atomic E-state index is 0.181. The predicted octanol–water partition coefficient (Wildman–Crippen LogP) is 2.44. The van der Waals surface area contributed by atoms with Crippen LogP contribution >= 0.6 is 0 Å². The molecule has 1 aromatic carbocycles. The molecule has 1 aliphatic heterocycles. The van der Waals surface area contributed by atoms with E-state index in [0.717, 1.165) is 5.69 Å². The summed E-state index contributed by atoms with van der Waals surface area (Å²) in [5.41, 5.74) is 3.66. The van der Waals surface area contributed by atoms with Gasteiger partial charge >= 0.3 is 0 Å². The first-order valence-electron chi connectivity index (χ1n) is 5.14. The molecular weight excluding hydrogens is 174 g/mol. The number of rotatable bonds is 0. The molecule has 1 saturated carbocycles. The van der Waals surface area contributed by atoms with E-state index >= 15 is 0 Å². The second-order valence-electron chi connectivity index (χ2n) is 4.45. The lowest BCUT2D eigenvalue weighted by molar-refractivity contribution is -0.116. The van der Waals surface area contributed by atoms with Crippen LogP contribution < -0.4 is 5.32 Å². The summed E-state index contributed by atoms with van der Waals surface area (Å²) in [5, 5.41) is 2.97. The Kier molecular flexibility index (Phi) is 1.49. The Labute approximate surface area is 83.3 Å². The Morgan fingerprint density at radius 1 is 1.43 bits per heavy atom. The summed E-state index contributed by atoms with van der Waals surface area (Å²) < 4.78 is 0. The van der Waals surface area contributed by atoms with Crippen LogP contribution in [0.1, 0.15) is 29.9 Å². The number of hydrogen-bond donors (Lipinski definition) is 1. The van der Waals surface area contributed by atoms with Crippen molar-refractivity contribution in [3.63, 3.8) is 0 Å².